The summed E-state index contributed by atoms with van der Waals surface area (Å²) in [5, 5.41) is 16.3. The lowest BCUT2D eigenvalue weighted by Crippen LogP contribution is -2.16. The Morgan fingerprint density at radius 2 is 2.06 bits per heavy atom. The Balaban J connectivity index is 2.21. The maximum atomic E-state index is 12.0. The van der Waals surface area contributed by atoms with Gasteiger partial charge in [0.2, 0.25) is 0 Å². The summed E-state index contributed by atoms with van der Waals surface area (Å²) in [6.45, 7) is 3.61. The van der Waals surface area contributed by atoms with Gasteiger partial charge < -0.3 is 10.4 Å². The average molecular weight is 245 g/mol. The van der Waals surface area contributed by atoms with Crippen molar-refractivity contribution in [3.63, 3.8) is 0 Å². The van der Waals surface area contributed by atoms with Crippen molar-refractivity contribution in [1.82, 2.24) is 9.78 Å². The van der Waals surface area contributed by atoms with E-state index in [2.05, 4.69) is 10.4 Å². The van der Waals surface area contributed by atoms with Crippen LogP contribution in [0.3, 0.4) is 0 Å². The molecule has 1 amide bonds. The lowest BCUT2D eigenvalue weighted by atomic mass is 10.2. The minimum absolute atomic E-state index is 0.212. The Labute approximate surface area is 105 Å². The van der Waals surface area contributed by atoms with E-state index < -0.39 is 0 Å². The normalized spacial score (nSPS) is 10.4. The second kappa shape index (κ2) is 4.52. The molecule has 18 heavy (non-hydrogen) atoms. The summed E-state index contributed by atoms with van der Waals surface area (Å²) in [7, 11) is 1.73. The van der Waals surface area contributed by atoms with E-state index in [4.69, 9.17) is 0 Å². The van der Waals surface area contributed by atoms with Gasteiger partial charge in [0.25, 0.3) is 5.91 Å². The highest BCUT2D eigenvalue weighted by Gasteiger charge is 2.12. The van der Waals surface area contributed by atoms with Gasteiger partial charge in [-0.2, -0.15) is 5.10 Å². The topological polar surface area (TPSA) is 67.2 Å². The average Bonchev–Trinajstić information content (AvgIpc) is 2.63. The lowest BCUT2D eigenvalue weighted by Gasteiger charge is -2.07. The molecule has 0 atom stereocenters. The Morgan fingerprint density at radius 3 is 2.61 bits per heavy atom. The minimum atomic E-state index is -0.219. The van der Waals surface area contributed by atoms with Gasteiger partial charge in [-0.05, 0) is 43.7 Å². The van der Waals surface area contributed by atoms with Crippen LogP contribution in [0.1, 0.15) is 21.7 Å². The smallest absolute Gasteiger partial charge is 0.273 e. The Bertz CT molecular complexity index is 602. The van der Waals surface area contributed by atoms with Gasteiger partial charge in [-0.15, -0.1) is 0 Å². The molecule has 2 rings (SSSR count). The number of amides is 1. The third kappa shape index (κ3) is 2.34. The van der Waals surface area contributed by atoms with E-state index in [9.17, 15) is 9.90 Å². The Morgan fingerprint density at radius 1 is 1.33 bits per heavy atom. The van der Waals surface area contributed by atoms with Gasteiger partial charge in [0.15, 0.2) is 0 Å². The monoisotopic (exact) mass is 245 g/mol. The number of rotatable bonds is 2. The lowest BCUT2D eigenvalue weighted by molar-refractivity contribution is 0.101. The molecule has 1 aromatic carbocycles. The van der Waals surface area contributed by atoms with Crippen LogP contribution in [0.5, 0.6) is 5.75 Å². The Hall–Kier alpha value is -2.30. The van der Waals surface area contributed by atoms with Crippen molar-refractivity contribution in [2.75, 3.05) is 5.32 Å². The fourth-order valence-electron chi connectivity index (χ4n) is 1.75. The van der Waals surface area contributed by atoms with Crippen LogP contribution in [0.2, 0.25) is 0 Å². The number of aromatic nitrogens is 2. The molecule has 0 saturated carbocycles. The van der Waals surface area contributed by atoms with Crippen molar-refractivity contribution in [2.45, 2.75) is 13.8 Å². The first-order valence-corrected chi connectivity index (χ1v) is 5.59. The SMILES string of the molecule is Cc1cc(C(=O)Nc2ccc(O)c(C)c2)n(C)n1. The number of benzene rings is 1. The third-order valence-corrected chi connectivity index (χ3v) is 2.69. The number of nitrogens with zero attached hydrogens (tertiary/aromatic N) is 2. The number of phenols is 1. The number of aryl methyl sites for hydroxylation is 3. The maximum Gasteiger partial charge on any atom is 0.273 e. The summed E-state index contributed by atoms with van der Waals surface area (Å²) in [6, 6.07) is 6.65. The molecule has 0 aliphatic heterocycles. The van der Waals surface area contributed by atoms with Gasteiger partial charge in [0.05, 0.1) is 5.69 Å². The quantitative estimate of drug-likeness (QED) is 0.795. The van der Waals surface area contributed by atoms with Gasteiger partial charge >= 0.3 is 0 Å². The fraction of sp³-hybridized carbons (Fsp3) is 0.231. The first-order valence-electron chi connectivity index (χ1n) is 5.59. The summed E-state index contributed by atoms with van der Waals surface area (Å²) >= 11 is 0. The van der Waals surface area contributed by atoms with E-state index in [-0.39, 0.29) is 11.7 Å². The summed E-state index contributed by atoms with van der Waals surface area (Å²) < 4.78 is 1.54. The third-order valence-electron chi connectivity index (χ3n) is 2.69. The van der Waals surface area contributed by atoms with Crippen LogP contribution in [0, 0.1) is 13.8 Å². The first kappa shape index (κ1) is 12.2. The van der Waals surface area contributed by atoms with Gasteiger partial charge in [-0.3, -0.25) is 9.48 Å². The minimum Gasteiger partial charge on any atom is -0.508 e. The molecule has 2 N–H and O–H groups in total. The van der Waals surface area contributed by atoms with Crippen LogP contribution in [-0.4, -0.2) is 20.8 Å². The molecule has 0 spiro atoms. The molecule has 0 radical (unpaired) electrons. The van der Waals surface area contributed by atoms with Crippen molar-refractivity contribution in [2.24, 2.45) is 7.05 Å². The van der Waals surface area contributed by atoms with Crippen LogP contribution >= 0.6 is 0 Å². The summed E-state index contributed by atoms with van der Waals surface area (Å²) in [4.78, 5) is 12.0. The second-order valence-corrected chi connectivity index (χ2v) is 4.25. The Kier molecular flexibility index (Phi) is 3.06. The second-order valence-electron chi connectivity index (χ2n) is 4.25. The fourth-order valence-corrected chi connectivity index (χ4v) is 1.75. The zero-order valence-electron chi connectivity index (χ0n) is 10.6. The van der Waals surface area contributed by atoms with Crippen LogP contribution in [0.4, 0.5) is 5.69 Å². The highest BCUT2D eigenvalue weighted by atomic mass is 16.3. The first-order chi connectivity index (χ1) is 8.47. The van der Waals surface area contributed by atoms with Crippen LogP contribution < -0.4 is 5.32 Å². The van der Waals surface area contributed by atoms with Crippen molar-refractivity contribution in [3.05, 3.63) is 41.2 Å². The highest BCUT2D eigenvalue weighted by molar-refractivity contribution is 6.03. The summed E-state index contributed by atoms with van der Waals surface area (Å²) in [5.74, 6) is -0.00688. The molecule has 5 heteroatoms. The number of carbonyl (C=O) groups excluding carboxylic acids is 1. The van der Waals surface area contributed by atoms with E-state index in [1.165, 1.54) is 4.68 Å². The molecule has 0 unspecified atom stereocenters. The van der Waals surface area contributed by atoms with E-state index in [1.54, 1.807) is 38.2 Å². The molecular weight excluding hydrogens is 230 g/mol. The number of hydrogen-bond donors (Lipinski definition) is 2. The van der Waals surface area contributed by atoms with Crippen molar-refractivity contribution in [1.29, 1.82) is 0 Å². The standard InChI is InChI=1S/C13H15N3O2/c1-8-6-10(4-5-12(8)17)14-13(18)11-7-9(2)15-16(11)3/h4-7,17H,1-3H3,(H,14,18). The molecule has 5 nitrogen and oxygen atoms in total. The van der Waals surface area contributed by atoms with Crippen LogP contribution in [-0.2, 0) is 7.05 Å². The number of phenolic OH excluding ortho intramolecular Hbond substituents is 1. The zero-order chi connectivity index (χ0) is 13.3. The van der Waals surface area contributed by atoms with Crippen LogP contribution in [0.15, 0.2) is 24.3 Å². The molecular formula is C13H15N3O2. The molecule has 1 heterocycles. The van der Waals surface area contributed by atoms with E-state index in [0.717, 1.165) is 5.69 Å². The number of nitrogens with one attached hydrogen (secondary N) is 1. The molecule has 0 aliphatic carbocycles. The number of aromatic hydroxyl groups is 1. The molecule has 1 aromatic heterocycles. The van der Waals surface area contributed by atoms with Crippen molar-refractivity contribution >= 4 is 11.6 Å². The van der Waals surface area contributed by atoms with Crippen molar-refractivity contribution in [3.8, 4) is 5.75 Å². The number of carbonyl (C=O) groups is 1. The molecule has 0 aliphatic rings. The van der Waals surface area contributed by atoms with E-state index in [1.807, 2.05) is 6.92 Å². The highest BCUT2D eigenvalue weighted by Crippen LogP contribution is 2.20. The molecule has 0 fully saturated rings. The maximum absolute atomic E-state index is 12.0. The summed E-state index contributed by atoms with van der Waals surface area (Å²) in [6.07, 6.45) is 0. The molecule has 0 saturated heterocycles. The van der Waals surface area contributed by atoms with Gasteiger partial charge in [0.1, 0.15) is 11.4 Å². The molecule has 2 aromatic rings. The zero-order valence-corrected chi connectivity index (χ0v) is 10.6. The predicted molar refractivity (Wildman–Crippen MR) is 68.7 cm³/mol. The largest absolute Gasteiger partial charge is 0.508 e. The van der Waals surface area contributed by atoms with E-state index in [0.29, 0.717) is 16.9 Å². The molecule has 94 valence electrons. The van der Waals surface area contributed by atoms with Gasteiger partial charge in [0, 0.05) is 12.7 Å². The number of hydrogen-bond acceptors (Lipinski definition) is 3. The van der Waals surface area contributed by atoms with Crippen LogP contribution in [0.25, 0.3) is 0 Å². The van der Waals surface area contributed by atoms with Crippen molar-refractivity contribution < 1.29 is 9.90 Å². The van der Waals surface area contributed by atoms with Gasteiger partial charge in [-0.25, -0.2) is 0 Å². The predicted octanol–water partition coefficient (Wildman–Crippen LogP) is 1.99. The molecule has 0 bridgehead atoms. The van der Waals surface area contributed by atoms with E-state index >= 15 is 0 Å². The van der Waals surface area contributed by atoms with Gasteiger partial charge in [-0.1, -0.05) is 0 Å². The number of anilines is 1. The summed E-state index contributed by atoms with van der Waals surface area (Å²) in [5.41, 5.74) is 2.66.